The van der Waals surface area contributed by atoms with E-state index in [-0.39, 0.29) is 28.6 Å². The summed E-state index contributed by atoms with van der Waals surface area (Å²) >= 11 is 4.49. The van der Waals surface area contributed by atoms with Crippen molar-refractivity contribution in [3.63, 3.8) is 0 Å². The summed E-state index contributed by atoms with van der Waals surface area (Å²) in [7, 11) is 0. The van der Waals surface area contributed by atoms with Crippen LogP contribution in [-0.4, -0.2) is 11.7 Å². The summed E-state index contributed by atoms with van der Waals surface area (Å²) in [6, 6.07) is 12.6. The van der Waals surface area contributed by atoms with E-state index in [1.807, 2.05) is 30.3 Å². The first kappa shape index (κ1) is 16.8. The summed E-state index contributed by atoms with van der Waals surface area (Å²) in [5.74, 6) is 0.0417. The molecule has 1 aromatic heterocycles. The SMILES string of the molecule is N#Cc1cc(C#N)c(SCC(=O)Nc2ccccc2Br)[nH+]c1N. The number of anilines is 2. The molecule has 0 aliphatic carbocycles. The first-order valence-corrected chi connectivity index (χ1v) is 8.16. The number of hydrogen-bond acceptors (Lipinski definition) is 5. The molecule has 1 aromatic carbocycles. The molecule has 0 aliphatic heterocycles. The smallest absolute Gasteiger partial charge is 0.289 e. The van der Waals surface area contributed by atoms with Gasteiger partial charge in [-0.05, 0) is 34.1 Å². The molecule has 1 amide bonds. The summed E-state index contributed by atoms with van der Waals surface area (Å²) in [5, 5.41) is 21.2. The van der Waals surface area contributed by atoms with Gasteiger partial charge < -0.3 is 5.32 Å². The van der Waals surface area contributed by atoms with Gasteiger partial charge in [0.1, 0.15) is 23.3 Å². The number of nitrogens with one attached hydrogen (secondary N) is 2. The number of thioether (sulfide) groups is 1. The van der Waals surface area contributed by atoms with Gasteiger partial charge >= 0.3 is 0 Å². The van der Waals surface area contributed by atoms with Crippen LogP contribution in [0.25, 0.3) is 0 Å². The number of amides is 1. The van der Waals surface area contributed by atoms with Gasteiger partial charge in [0, 0.05) is 4.47 Å². The topological polar surface area (TPSA) is 117 Å². The number of hydrogen-bond donors (Lipinski definition) is 2. The van der Waals surface area contributed by atoms with Crippen molar-refractivity contribution in [1.29, 1.82) is 10.5 Å². The van der Waals surface area contributed by atoms with Gasteiger partial charge in [-0.1, -0.05) is 23.9 Å². The van der Waals surface area contributed by atoms with Crippen molar-refractivity contribution in [2.45, 2.75) is 5.03 Å². The number of aromatic amines is 1. The van der Waals surface area contributed by atoms with E-state index in [0.717, 1.165) is 16.2 Å². The van der Waals surface area contributed by atoms with E-state index in [9.17, 15) is 4.79 Å². The highest BCUT2D eigenvalue weighted by Gasteiger charge is 2.16. The van der Waals surface area contributed by atoms with E-state index < -0.39 is 0 Å². The number of carbonyl (C=O) groups is 1. The maximum Gasteiger partial charge on any atom is 0.289 e. The molecule has 0 spiro atoms. The van der Waals surface area contributed by atoms with E-state index in [4.69, 9.17) is 16.3 Å². The largest absolute Gasteiger partial charge is 0.324 e. The highest BCUT2D eigenvalue weighted by molar-refractivity contribution is 9.10. The van der Waals surface area contributed by atoms with Crippen LogP contribution in [-0.2, 0) is 4.79 Å². The van der Waals surface area contributed by atoms with E-state index in [1.165, 1.54) is 6.07 Å². The van der Waals surface area contributed by atoms with E-state index in [1.54, 1.807) is 6.07 Å². The fourth-order valence-corrected chi connectivity index (χ4v) is 2.89. The number of nitriles is 2. The molecule has 0 radical (unpaired) electrons. The standard InChI is InChI=1S/C15H10BrN5OS/c16-11-3-1-2-4-12(11)20-13(22)8-23-15-10(7-18)5-9(6-17)14(19)21-15/h1-5H,8H2,(H2,19,21)(H,20,22)/p+1. The molecule has 0 bridgehead atoms. The van der Waals surface area contributed by atoms with E-state index in [0.29, 0.717) is 10.7 Å². The van der Waals surface area contributed by atoms with Crippen molar-refractivity contribution >= 4 is 45.1 Å². The molecule has 1 heterocycles. The van der Waals surface area contributed by atoms with Gasteiger partial charge in [0.2, 0.25) is 5.91 Å². The van der Waals surface area contributed by atoms with Crippen LogP contribution >= 0.6 is 27.7 Å². The number of nitrogens with two attached hydrogens (primary N) is 1. The van der Waals surface area contributed by atoms with Crippen LogP contribution in [0.3, 0.4) is 0 Å². The fourth-order valence-electron chi connectivity index (χ4n) is 1.72. The van der Waals surface area contributed by atoms with Gasteiger partial charge in [-0.3, -0.25) is 10.5 Å². The molecule has 0 saturated carbocycles. The lowest BCUT2D eigenvalue weighted by Crippen LogP contribution is -2.19. The zero-order valence-electron chi connectivity index (χ0n) is 11.8. The van der Waals surface area contributed by atoms with E-state index >= 15 is 0 Å². The van der Waals surface area contributed by atoms with Gasteiger partial charge in [-0.15, -0.1) is 0 Å². The number of pyridine rings is 1. The van der Waals surface area contributed by atoms with Crippen molar-refractivity contribution in [3.05, 3.63) is 45.9 Å². The normalized spacial score (nSPS) is 9.70. The molecular weight excluding hydrogens is 378 g/mol. The monoisotopic (exact) mass is 388 g/mol. The first-order chi connectivity index (χ1) is 11.0. The minimum atomic E-state index is -0.220. The number of nitrogens with zero attached hydrogens (tertiary/aromatic N) is 2. The predicted molar refractivity (Wildman–Crippen MR) is 90.3 cm³/mol. The van der Waals surface area contributed by atoms with Crippen LogP contribution in [0.5, 0.6) is 0 Å². The third-order valence-electron chi connectivity index (χ3n) is 2.81. The molecule has 0 saturated heterocycles. The average Bonchev–Trinajstić information content (AvgIpc) is 2.55. The Hall–Kier alpha value is -2.55. The van der Waals surface area contributed by atoms with Crippen LogP contribution in [0, 0.1) is 22.7 Å². The zero-order valence-corrected chi connectivity index (χ0v) is 14.2. The maximum absolute atomic E-state index is 12.0. The maximum atomic E-state index is 12.0. The number of halogens is 1. The minimum Gasteiger partial charge on any atom is -0.324 e. The zero-order chi connectivity index (χ0) is 16.8. The Balaban J connectivity index is 2.08. The van der Waals surface area contributed by atoms with Crippen molar-refractivity contribution in [1.82, 2.24) is 0 Å². The second kappa shape index (κ2) is 7.63. The number of aromatic nitrogens is 1. The molecule has 0 aliphatic rings. The summed E-state index contributed by atoms with van der Waals surface area (Å²) in [6.07, 6.45) is 0. The molecule has 2 rings (SSSR count). The summed E-state index contributed by atoms with van der Waals surface area (Å²) in [5.41, 5.74) is 6.84. The molecular formula is C15H11BrN5OS+. The molecule has 23 heavy (non-hydrogen) atoms. The summed E-state index contributed by atoms with van der Waals surface area (Å²) < 4.78 is 0.783. The molecule has 0 fully saturated rings. The van der Waals surface area contributed by atoms with Gasteiger partial charge in [-0.2, -0.15) is 10.5 Å². The lowest BCUT2D eigenvalue weighted by Gasteiger charge is -2.07. The lowest BCUT2D eigenvalue weighted by molar-refractivity contribution is -0.410. The van der Waals surface area contributed by atoms with Crippen LogP contribution in [0.4, 0.5) is 11.5 Å². The number of benzene rings is 1. The molecule has 0 atom stereocenters. The van der Waals surface area contributed by atoms with Crippen LogP contribution < -0.4 is 16.0 Å². The van der Waals surface area contributed by atoms with Gasteiger partial charge in [-0.25, -0.2) is 4.98 Å². The minimum absolute atomic E-state index is 0.0951. The van der Waals surface area contributed by atoms with Crippen molar-refractivity contribution in [2.24, 2.45) is 0 Å². The van der Waals surface area contributed by atoms with Crippen molar-refractivity contribution in [3.8, 4) is 12.1 Å². The molecule has 0 unspecified atom stereocenters. The number of rotatable bonds is 4. The number of H-pyrrole nitrogens is 1. The molecule has 8 heteroatoms. The first-order valence-electron chi connectivity index (χ1n) is 6.38. The van der Waals surface area contributed by atoms with Crippen molar-refractivity contribution in [2.75, 3.05) is 16.8 Å². The van der Waals surface area contributed by atoms with Crippen LogP contribution in [0.1, 0.15) is 11.1 Å². The third kappa shape index (κ3) is 4.22. The summed E-state index contributed by atoms with van der Waals surface area (Å²) in [4.78, 5) is 14.8. The molecule has 2 aromatic rings. The number of nitrogen functional groups attached to an aromatic ring is 1. The van der Waals surface area contributed by atoms with Crippen LogP contribution in [0.15, 0.2) is 39.8 Å². The Morgan fingerprint density at radius 3 is 2.65 bits per heavy atom. The Bertz CT molecular complexity index is 841. The van der Waals surface area contributed by atoms with Gasteiger partial charge in [0.05, 0.1) is 11.4 Å². The van der Waals surface area contributed by atoms with Crippen molar-refractivity contribution < 1.29 is 9.78 Å². The average molecular weight is 389 g/mol. The highest BCUT2D eigenvalue weighted by Crippen LogP contribution is 2.23. The molecule has 114 valence electrons. The fraction of sp³-hybridized carbons (Fsp3) is 0.0667. The highest BCUT2D eigenvalue weighted by atomic mass is 79.9. The van der Waals surface area contributed by atoms with E-state index in [2.05, 4.69) is 26.2 Å². The van der Waals surface area contributed by atoms with Gasteiger partial charge in [0.25, 0.3) is 5.82 Å². The Morgan fingerprint density at radius 1 is 1.30 bits per heavy atom. The lowest BCUT2D eigenvalue weighted by atomic mass is 10.2. The second-order valence-electron chi connectivity index (χ2n) is 4.38. The predicted octanol–water partition coefficient (Wildman–Crippen LogP) is 2.32. The van der Waals surface area contributed by atoms with Gasteiger partial charge in [0.15, 0.2) is 5.03 Å². The summed E-state index contributed by atoms with van der Waals surface area (Å²) in [6.45, 7) is 0. The molecule has 6 nitrogen and oxygen atoms in total. The Labute approximate surface area is 145 Å². The van der Waals surface area contributed by atoms with Crippen LogP contribution in [0.2, 0.25) is 0 Å². The quantitative estimate of drug-likeness (QED) is 0.779. The number of para-hydroxylation sites is 1. The molecule has 4 N–H and O–H groups in total. The third-order valence-corrected chi connectivity index (χ3v) is 4.52. The number of carbonyl (C=O) groups excluding carboxylic acids is 1. The second-order valence-corrected chi connectivity index (χ2v) is 6.22. The Morgan fingerprint density at radius 2 is 2.00 bits per heavy atom. The Kier molecular flexibility index (Phi) is 5.58.